The number of nitrogens with one attached hydrogen (secondary N) is 1. The summed E-state index contributed by atoms with van der Waals surface area (Å²) in [5, 5.41) is 0. The maximum atomic E-state index is 5.78. The molecular formula is C16H21N3O3. The first-order valence-electron chi connectivity index (χ1n) is 7.83. The summed E-state index contributed by atoms with van der Waals surface area (Å²) < 4.78 is 17.0. The van der Waals surface area contributed by atoms with Gasteiger partial charge in [-0.3, -0.25) is 4.90 Å². The fourth-order valence-corrected chi connectivity index (χ4v) is 3.30. The van der Waals surface area contributed by atoms with E-state index in [0.717, 1.165) is 48.0 Å². The summed E-state index contributed by atoms with van der Waals surface area (Å²) in [6.45, 7) is 8.10. The third kappa shape index (κ3) is 2.64. The first kappa shape index (κ1) is 13.8. The van der Waals surface area contributed by atoms with Gasteiger partial charge in [-0.2, -0.15) is 0 Å². The Hall–Kier alpha value is -1.79. The zero-order chi connectivity index (χ0) is 15.1. The van der Waals surface area contributed by atoms with Crippen LogP contribution in [0.4, 0.5) is 0 Å². The van der Waals surface area contributed by atoms with Crippen molar-refractivity contribution in [3.8, 4) is 11.5 Å². The zero-order valence-electron chi connectivity index (χ0n) is 13.0. The SMILES string of the molecule is CC1CN(Cc2nc3cc4c(cc3[nH]2)OCCO4)CC(C)O1. The molecule has 2 aliphatic heterocycles. The Morgan fingerprint density at radius 1 is 1.14 bits per heavy atom. The van der Waals surface area contributed by atoms with Gasteiger partial charge in [-0.25, -0.2) is 4.98 Å². The van der Waals surface area contributed by atoms with E-state index in [4.69, 9.17) is 19.2 Å². The first-order valence-corrected chi connectivity index (χ1v) is 7.83. The number of benzene rings is 1. The Morgan fingerprint density at radius 3 is 2.55 bits per heavy atom. The van der Waals surface area contributed by atoms with Crippen LogP contribution in [0.5, 0.6) is 11.5 Å². The summed E-state index contributed by atoms with van der Waals surface area (Å²) in [5.74, 6) is 2.55. The number of aromatic amines is 1. The summed E-state index contributed by atoms with van der Waals surface area (Å²) in [6.07, 6.45) is 0.532. The van der Waals surface area contributed by atoms with Gasteiger partial charge in [0.1, 0.15) is 19.0 Å². The fourth-order valence-electron chi connectivity index (χ4n) is 3.30. The van der Waals surface area contributed by atoms with Gasteiger partial charge in [0.15, 0.2) is 11.5 Å². The summed E-state index contributed by atoms with van der Waals surface area (Å²) in [6, 6.07) is 3.93. The number of hydrogen-bond donors (Lipinski definition) is 1. The van der Waals surface area contributed by atoms with E-state index in [1.807, 2.05) is 12.1 Å². The number of fused-ring (bicyclic) bond motifs is 2. The molecule has 2 aliphatic rings. The highest BCUT2D eigenvalue weighted by Crippen LogP contribution is 2.33. The number of ether oxygens (including phenoxy) is 3. The number of morpholine rings is 1. The molecule has 4 rings (SSSR count). The lowest BCUT2D eigenvalue weighted by Crippen LogP contribution is -2.44. The van der Waals surface area contributed by atoms with Crippen LogP contribution in [-0.4, -0.2) is 53.4 Å². The van der Waals surface area contributed by atoms with Gasteiger partial charge >= 0.3 is 0 Å². The predicted octanol–water partition coefficient (Wildman–Crippen LogP) is 1.94. The van der Waals surface area contributed by atoms with Gasteiger partial charge in [0.05, 0.1) is 29.8 Å². The van der Waals surface area contributed by atoms with Crippen molar-refractivity contribution >= 4 is 11.0 Å². The van der Waals surface area contributed by atoms with Crippen LogP contribution in [-0.2, 0) is 11.3 Å². The van der Waals surface area contributed by atoms with Gasteiger partial charge < -0.3 is 19.2 Å². The molecule has 1 aromatic carbocycles. The molecule has 0 saturated carbocycles. The molecule has 0 amide bonds. The molecule has 118 valence electrons. The standard InChI is InChI=1S/C16H21N3O3/c1-10-7-19(8-11(2)22-10)9-16-17-12-5-14-15(6-13(12)18-16)21-4-3-20-14/h5-6,10-11H,3-4,7-9H2,1-2H3,(H,17,18). The molecule has 2 unspecified atom stereocenters. The smallest absolute Gasteiger partial charge is 0.163 e. The lowest BCUT2D eigenvalue weighted by atomic mass is 10.2. The molecular weight excluding hydrogens is 282 g/mol. The molecule has 1 fully saturated rings. The average molecular weight is 303 g/mol. The molecule has 6 nitrogen and oxygen atoms in total. The van der Waals surface area contributed by atoms with Crippen molar-refractivity contribution in [2.45, 2.75) is 32.6 Å². The summed E-state index contributed by atoms with van der Waals surface area (Å²) in [7, 11) is 0. The number of hydrogen-bond acceptors (Lipinski definition) is 5. The van der Waals surface area contributed by atoms with E-state index in [1.165, 1.54) is 0 Å². The number of aromatic nitrogens is 2. The van der Waals surface area contributed by atoms with Gasteiger partial charge in [-0.05, 0) is 13.8 Å². The third-order valence-corrected chi connectivity index (χ3v) is 4.06. The van der Waals surface area contributed by atoms with Crippen LogP contribution in [0.15, 0.2) is 12.1 Å². The van der Waals surface area contributed by atoms with Crippen LogP contribution < -0.4 is 9.47 Å². The molecule has 1 saturated heterocycles. The number of H-pyrrole nitrogens is 1. The van der Waals surface area contributed by atoms with Crippen molar-refractivity contribution in [1.82, 2.24) is 14.9 Å². The highest BCUT2D eigenvalue weighted by Gasteiger charge is 2.23. The molecule has 0 aliphatic carbocycles. The predicted molar refractivity (Wildman–Crippen MR) is 82.4 cm³/mol. The Bertz CT molecular complexity index is 632. The lowest BCUT2D eigenvalue weighted by molar-refractivity contribution is -0.0710. The maximum absolute atomic E-state index is 5.78. The summed E-state index contributed by atoms with van der Waals surface area (Å²) >= 11 is 0. The van der Waals surface area contributed by atoms with E-state index in [-0.39, 0.29) is 12.2 Å². The molecule has 0 radical (unpaired) electrons. The van der Waals surface area contributed by atoms with Crippen molar-refractivity contribution in [3.05, 3.63) is 18.0 Å². The molecule has 1 aromatic heterocycles. The van der Waals surface area contributed by atoms with E-state index in [2.05, 4.69) is 23.7 Å². The van der Waals surface area contributed by atoms with Crippen molar-refractivity contribution < 1.29 is 14.2 Å². The van der Waals surface area contributed by atoms with E-state index < -0.39 is 0 Å². The minimum atomic E-state index is 0.266. The van der Waals surface area contributed by atoms with Crippen molar-refractivity contribution in [2.24, 2.45) is 0 Å². The molecule has 22 heavy (non-hydrogen) atoms. The highest BCUT2D eigenvalue weighted by atomic mass is 16.6. The molecule has 0 spiro atoms. The monoisotopic (exact) mass is 303 g/mol. The molecule has 2 atom stereocenters. The number of rotatable bonds is 2. The number of nitrogens with zero attached hydrogens (tertiary/aromatic N) is 2. The van der Waals surface area contributed by atoms with Crippen LogP contribution in [0.25, 0.3) is 11.0 Å². The summed E-state index contributed by atoms with van der Waals surface area (Å²) in [4.78, 5) is 10.5. The second-order valence-corrected chi connectivity index (χ2v) is 6.15. The third-order valence-electron chi connectivity index (χ3n) is 4.06. The fraction of sp³-hybridized carbons (Fsp3) is 0.562. The van der Waals surface area contributed by atoms with Gasteiger partial charge in [0.2, 0.25) is 0 Å². The van der Waals surface area contributed by atoms with Crippen LogP contribution >= 0.6 is 0 Å². The number of imidazole rings is 1. The molecule has 6 heteroatoms. The topological polar surface area (TPSA) is 59.6 Å². The van der Waals surface area contributed by atoms with E-state index in [1.54, 1.807) is 0 Å². The Labute approximate surface area is 129 Å². The second kappa shape index (κ2) is 5.44. The van der Waals surface area contributed by atoms with Crippen LogP contribution in [0.3, 0.4) is 0 Å². The molecule has 1 N–H and O–H groups in total. The maximum Gasteiger partial charge on any atom is 0.163 e. The van der Waals surface area contributed by atoms with Gasteiger partial charge in [-0.15, -0.1) is 0 Å². The molecule has 0 bridgehead atoms. The van der Waals surface area contributed by atoms with E-state index in [9.17, 15) is 0 Å². The van der Waals surface area contributed by atoms with Crippen LogP contribution in [0.2, 0.25) is 0 Å². The largest absolute Gasteiger partial charge is 0.486 e. The minimum Gasteiger partial charge on any atom is -0.486 e. The summed E-state index contributed by atoms with van der Waals surface area (Å²) in [5.41, 5.74) is 1.92. The van der Waals surface area contributed by atoms with Crippen LogP contribution in [0, 0.1) is 0 Å². The van der Waals surface area contributed by atoms with Gasteiger partial charge in [0, 0.05) is 25.2 Å². The van der Waals surface area contributed by atoms with Crippen LogP contribution in [0.1, 0.15) is 19.7 Å². The quantitative estimate of drug-likeness (QED) is 0.919. The van der Waals surface area contributed by atoms with Crippen molar-refractivity contribution in [1.29, 1.82) is 0 Å². The van der Waals surface area contributed by atoms with Gasteiger partial charge in [0.25, 0.3) is 0 Å². The van der Waals surface area contributed by atoms with Crippen molar-refractivity contribution in [2.75, 3.05) is 26.3 Å². The zero-order valence-corrected chi connectivity index (χ0v) is 13.0. The van der Waals surface area contributed by atoms with Gasteiger partial charge in [-0.1, -0.05) is 0 Å². The van der Waals surface area contributed by atoms with E-state index in [0.29, 0.717) is 13.2 Å². The normalized spacial score (nSPS) is 25.5. The van der Waals surface area contributed by atoms with E-state index >= 15 is 0 Å². The van der Waals surface area contributed by atoms with Crippen molar-refractivity contribution in [3.63, 3.8) is 0 Å². The Morgan fingerprint density at radius 2 is 1.82 bits per heavy atom. The minimum absolute atomic E-state index is 0.266. The second-order valence-electron chi connectivity index (χ2n) is 6.15. The Kier molecular flexibility index (Phi) is 3.43. The Balaban J connectivity index is 1.57. The molecule has 3 heterocycles. The first-order chi connectivity index (χ1) is 10.7. The highest BCUT2D eigenvalue weighted by molar-refractivity contribution is 5.79. The lowest BCUT2D eigenvalue weighted by Gasteiger charge is -2.34. The average Bonchev–Trinajstić information content (AvgIpc) is 2.84. The molecule has 2 aromatic rings.